The van der Waals surface area contributed by atoms with Crippen molar-refractivity contribution in [1.82, 2.24) is 15.1 Å². The summed E-state index contributed by atoms with van der Waals surface area (Å²) in [6.45, 7) is 13.5. The summed E-state index contributed by atoms with van der Waals surface area (Å²) in [6, 6.07) is 7.01. The Balaban J connectivity index is 1.32. The minimum atomic E-state index is -0.465. The van der Waals surface area contributed by atoms with E-state index in [0.29, 0.717) is 0 Å². The summed E-state index contributed by atoms with van der Waals surface area (Å²) < 4.78 is 5.35. The molecule has 1 amide bonds. The van der Waals surface area contributed by atoms with Crippen molar-refractivity contribution in [3.63, 3.8) is 0 Å². The lowest BCUT2D eigenvalue weighted by Crippen LogP contribution is -2.50. The van der Waals surface area contributed by atoms with E-state index in [1.165, 1.54) is 0 Å². The molecule has 0 unspecified atom stereocenters. The predicted molar refractivity (Wildman–Crippen MR) is 121 cm³/mol. The number of nitro benzene ring substituents is 1. The van der Waals surface area contributed by atoms with Gasteiger partial charge in [0, 0.05) is 76.2 Å². The zero-order chi connectivity index (χ0) is 22.4. The minimum absolute atomic E-state index is 0.132. The molecule has 2 aliphatic heterocycles. The first-order chi connectivity index (χ1) is 14.7. The number of rotatable bonds is 6. The molecule has 2 aliphatic rings. The molecule has 1 aromatic carbocycles. The van der Waals surface area contributed by atoms with Crippen LogP contribution in [-0.4, -0.2) is 84.8 Å². The van der Waals surface area contributed by atoms with Crippen molar-refractivity contribution in [2.24, 2.45) is 0 Å². The fraction of sp³-hybridized carbons (Fsp3) is 0.682. The molecule has 2 saturated heterocycles. The van der Waals surface area contributed by atoms with Crippen LogP contribution in [-0.2, 0) is 4.74 Å². The molecule has 172 valence electrons. The number of non-ortho nitro benzene ring substituents is 1. The van der Waals surface area contributed by atoms with Gasteiger partial charge in [-0.3, -0.25) is 15.0 Å². The molecule has 1 N–H and O–H groups in total. The Bertz CT molecular complexity index is 733. The second kappa shape index (κ2) is 10.3. The van der Waals surface area contributed by atoms with Gasteiger partial charge in [-0.1, -0.05) is 0 Å². The lowest BCUT2D eigenvalue weighted by molar-refractivity contribution is -0.384. The van der Waals surface area contributed by atoms with Crippen LogP contribution in [0.1, 0.15) is 33.6 Å². The Morgan fingerprint density at radius 1 is 1.03 bits per heavy atom. The first kappa shape index (κ1) is 23.3. The number of anilines is 1. The highest BCUT2D eigenvalue weighted by atomic mass is 16.6. The van der Waals surface area contributed by atoms with Crippen LogP contribution >= 0.6 is 0 Å². The average molecular weight is 434 g/mol. The van der Waals surface area contributed by atoms with Gasteiger partial charge in [0.15, 0.2) is 0 Å². The number of alkyl carbamates (subject to hydrolysis) is 1. The van der Waals surface area contributed by atoms with Crippen molar-refractivity contribution in [2.75, 3.05) is 57.3 Å². The van der Waals surface area contributed by atoms with Gasteiger partial charge < -0.3 is 19.9 Å². The van der Waals surface area contributed by atoms with Crippen molar-refractivity contribution in [2.45, 2.75) is 45.3 Å². The summed E-state index contributed by atoms with van der Waals surface area (Å²) >= 11 is 0. The van der Waals surface area contributed by atoms with E-state index in [2.05, 4.69) is 20.0 Å². The second-order valence-corrected chi connectivity index (χ2v) is 9.36. The second-order valence-electron chi connectivity index (χ2n) is 9.36. The molecule has 2 heterocycles. The molecular weight excluding hydrogens is 398 g/mol. The van der Waals surface area contributed by atoms with Crippen LogP contribution in [0.5, 0.6) is 0 Å². The number of hydrogen-bond donors (Lipinski definition) is 1. The highest BCUT2D eigenvalue weighted by Crippen LogP contribution is 2.21. The van der Waals surface area contributed by atoms with Gasteiger partial charge in [-0.2, -0.15) is 0 Å². The van der Waals surface area contributed by atoms with Crippen molar-refractivity contribution >= 4 is 17.5 Å². The molecule has 9 nitrogen and oxygen atoms in total. The van der Waals surface area contributed by atoms with Gasteiger partial charge in [0.05, 0.1) is 4.92 Å². The number of amides is 1. The quantitative estimate of drug-likeness (QED) is 0.545. The Labute approximate surface area is 184 Å². The van der Waals surface area contributed by atoms with Crippen LogP contribution in [0.15, 0.2) is 24.3 Å². The largest absolute Gasteiger partial charge is 0.444 e. The van der Waals surface area contributed by atoms with Crippen LogP contribution < -0.4 is 10.2 Å². The lowest BCUT2D eigenvalue weighted by atomic mass is 10.1. The maximum absolute atomic E-state index is 11.9. The van der Waals surface area contributed by atoms with E-state index in [1.807, 2.05) is 32.9 Å². The number of nitrogens with one attached hydrogen (secondary N) is 1. The van der Waals surface area contributed by atoms with Crippen LogP contribution in [0.3, 0.4) is 0 Å². The summed E-state index contributed by atoms with van der Waals surface area (Å²) in [5.41, 5.74) is 0.713. The van der Waals surface area contributed by atoms with Crippen molar-refractivity contribution < 1.29 is 14.5 Å². The molecule has 0 aliphatic carbocycles. The SMILES string of the molecule is CC(C)(C)OC(=O)NC1CCN(CCN2CCN(c3ccc([N+](=O)[O-])cc3)CC2)CC1. The van der Waals surface area contributed by atoms with E-state index < -0.39 is 5.60 Å². The number of likely N-dealkylation sites (tertiary alicyclic amines) is 1. The van der Waals surface area contributed by atoms with Gasteiger partial charge in [-0.25, -0.2) is 4.79 Å². The summed E-state index contributed by atoms with van der Waals surface area (Å²) in [5.74, 6) is 0. The predicted octanol–water partition coefficient (Wildman–Crippen LogP) is 2.71. The summed E-state index contributed by atoms with van der Waals surface area (Å²) in [4.78, 5) is 29.6. The molecule has 0 atom stereocenters. The van der Waals surface area contributed by atoms with Crippen LogP contribution in [0.25, 0.3) is 0 Å². The molecule has 1 aromatic rings. The molecule has 31 heavy (non-hydrogen) atoms. The molecule has 0 spiro atoms. The zero-order valence-corrected chi connectivity index (χ0v) is 18.9. The molecule has 0 aromatic heterocycles. The maximum atomic E-state index is 11.9. The van der Waals surface area contributed by atoms with Crippen molar-refractivity contribution in [3.05, 3.63) is 34.4 Å². The third-order valence-corrected chi connectivity index (χ3v) is 5.84. The fourth-order valence-electron chi connectivity index (χ4n) is 4.07. The Morgan fingerprint density at radius 2 is 1.58 bits per heavy atom. The number of piperidine rings is 1. The van der Waals surface area contributed by atoms with Crippen LogP contribution in [0.2, 0.25) is 0 Å². The van der Waals surface area contributed by atoms with E-state index in [0.717, 1.165) is 70.9 Å². The summed E-state index contributed by atoms with van der Waals surface area (Å²) in [7, 11) is 0. The third kappa shape index (κ3) is 7.36. The molecule has 0 saturated carbocycles. The fourth-order valence-corrected chi connectivity index (χ4v) is 4.07. The number of nitrogens with zero attached hydrogens (tertiary/aromatic N) is 4. The van der Waals surface area contributed by atoms with E-state index in [4.69, 9.17) is 4.74 Å². The molecule has 0 radical (unpaired) electrons. The van der Waals surface area contributed by atoms with Gasteiger partial charge in [0.25, 0.3) is 5.69 Å². The smallest absolute Gasteiger partial charge is 0.407 e. The monoisotopic (exact) mass is 433 g/mol. The first-order valence-electron chi connectivity index (χ1n) is 11.1. The Morgan fingerprint density at radius 3 is 2.10 bits per heavy atom. The molecule has 9 heteroatoms. The Kier molecular flexibility index (Phi) is 7.72. The number of ether oxygens (including phenoxy) is 1. The zero-order valence-electron chi connectivity index (χ0n) is 18.9. The van der Waals surface area contributed by atoms with Gasteiger partial charge >= 0.3 is 6.09 Å². The molecule has 0 bridgehead atoms. The number of nitro groups is 1. The topological polar surface area (TPSA) is 91.2 Å². The number of hydrogen-bond acceptors (Lipinski definition) is 7. The van der Waals surface area contributed by atoms with Gasteiger partial charge in [-0.05, 0) is 45.7 Å². The van der Waals surface area contributed by atoms with Gasteiger partial charge in [0.2, 0.25) is 0 Å². The van der Waals surface area contributed by atoms with Crippen molar-refractivity contribution in [1.29, 1.82) is 0 Å². The number of benzene rings is 1. The maximum Gasteiger partial charge on any atom is 0.407 e. The van der Waals surface area contributed by atoms with E-state index in [9.17, 15) is 14.9 Å². The minimum Gasteiger partial charge on any atom is -0.444 e. The Hall–Kier alpha value is -2.39. The first-order valence-corrected chi connectivity index (χ1v) is 11.1. The summed E-state index contributed by atoms with van der Waals surface area (Å²) in [6.07, 6.45) is 1.58. The highest BCUT2D eigenvalue weighted by molar-refractivity contribution is 5.68. The van der Waals surface area contributed by atoms with Gasteiger partial charge in [0.1, 0.15) is 5.60 Å². The highest BCUT2D eigenvalue weighted by Gasteiger charge is 2.24. The molecular formula is C22H35N5O4. The standard InChI is InChI=1S/C22H35N5O4/c1-22(2,3)31-21(28)23-18-8-10-24(11-9-18)12-13-25-14-16-26(17-15-25)19-4-6-20(7-5-19)27(29)30/h4-7,18H,8-17H2,1-3H3,(H,23,28). The number of piperazine rings is 1. The van der Waals surface area contributed by atoms with E-state index >= 15 is 0 Å². The average Bonchev–Trinajstić information content (AvgIpc) is 2.72. The lowest BCUT2D eigenvalue weighted by Gasteiger charge is -2.38. The summed E-state index contributed by atoms with van der Waals surface area (Å²) in [5, 5.41) is 13.8. The van der Waals surface area contributed by atoms with Crippen LogP contribution in [0.4, 0.5) is 16.2 Å². The molecule has 2 fully saturated rings. The number of carbonyl (C=O) groups excluding carboxylic acids is 1. The van der Waals surface area contributed by atoms with Crippen LogP contribution in [0, 0.1) is 10.1 Å². The van der Waals surface area contributed by atoms with Gasteiger partial charge in [-0.15, -0.1) is 0 Å². The van der Waals surface area contributed by atoms with E-state index in [1.54, 1.807) is 12.1 Å². The van der Waals surface area contributed by atoms with Crippen molar-refractivity contribution in [3.8, 4) is 0 Å². The third-order valence-electron chi connectivity index (χ3n) is 5.84. The number of carbonyl (C=O) groups is 1. The molecule has 3 rings (SSSR count). The van der Waals surface area contributed by atoms with E-state index in [-0.39, 0.29) is 22.7 Å². The normalized spacial score (nSPS) is 19.3.